The Morgan fingerprint density at radius 1 is 1.25 bits per heavy atom. The second-order valence-corrected chi connectivity index (χ2v) is 5.92. The molecule has 1 saturated carbocycles. The molecule has 0 aromatic heterocycles. The average Bonchev–Trinajstić information content (AvgIpc) is 3.13. The van der Waals surface area contributed by atoms with Crippen molar-refractivity contribution in [3.05, 3.63) is 0 Å². The fraction of sp³-hybridized carbons (Fsp3) is 0.933. The molecule has 0 spiro atoms. The quantitative estimate of drug-likeness (QED) is 0.272. The molecule has 0 amide bonds. The van der Waals surface area contributed by atoms with Gasteiger partial charge in [-0.1, -0.05) is 13.8 Å². The molecule has 0 radical (unpaired) electrons. The molecule has 1 aliphatic carbocycles. The van der Waals surface area contributed by atoms with Gasteiger partial charge in [-0.3, -0.25) is 4.99 Å². The van der Waals surface area contributed by atoms with Gasteiger partial charge in [-0.05, 0) is 44.4 Å². The van der Waals surface area contributed by atoms with Crippen LogP contribution in [-0.4, -0.2) is 38.8 Å². The van der Waals surface area contributed by atoms with Crippen LogP contribution in [0.15, 0.2) is 4.99 Å². The molecule has 5 heteroatoms. The maximum atomic E-state index is 5.46. The van der Waals surface area contributed by atoms with Gasteiger partial charge in [0.25, 0.3) is 0 Å². The third-order valence-corrected chi connectivity index (χ3v) is 3.53. The Balaban J connectivity index is 0.00000361. The zero-order chi connectivity index (χ0) is 14.1. The number of nitrogens with one attached hydrogen (secondary N) is 2. The van der Waals surface area contributed by atoms with E-state index in [1.54, 1.807) is 0 Å². The minimum absolute atomic E-state index is 0. The number of nitrogens with zero attached hydrogens (tertiary/aromatic N) is 1. The van der Waals surface area contributed by atoms with Crippen molar-refractivity contribution in [3.8, 4) is 0 Å². The van der Waals surface area contributed by atoms with E-state index in [2.05, 4.69) is 38.3 Å². The van der Waals surface area contributed by atoms with Crippen LogP contribution in [-0.2, 0) is 4.74 Å². The summed E-state index contributed by atoms with van der Waals surface area (Å²) < 4.78 is 5.46. The predicted molar refractivity (Wildman–Crippen MR) is 97.0 cm³/mol. The summed E-state index contributed by atoms with van der Waals surface area (Å²) in [5.74, 6) is 1.59. The zero-order valence-corrected chi connectivity index (χ0v) is 15.8. The first-order valence-electron chi connectivity index (χ1n) is 7.72. The molecule has 1 rings (SSSR count). The van der Waals surface area contributed by atoms with E-state index in [0.717, 1.165) is 45.2 Å². The van der Waals surface area contributed by atoms with Crippen LogP contribution in [0.5, 0.6) is 0 Å². The maximum Gasteiger partial charge on any atom is 0.191 e. The smallest absolute Gasteiger partial charge is 0.191 e. The summed E-state index contributed by atoms with van der Waals surface area (Å²) in [5, 5.41) is 6.71. The van der Waals surface area contributed by atoms with Gasteiger partial charge in [0, 0.05) is 32.8 Å². The van der Waals surface area contributed by atoms with Gasteiger partial charge in [0.1, 0.15) is 0 Å². The van der Waals surface area contributed by atoms with Gasteiger partial charge < -0.3 is 15.4 Å². The summed E-state index contributed by atoms with van der Waals surface area (Å²) in [6, 6.07) is 0. The van der Waals surface area contributed by atoms with Crippen LogP contribution in [0.1, 0.15) is 47.0 Å². The maximum absolute atomic E-state index is 5.46. The normalized spacial score (nSPS) is 16.8. The highest BCUT2D eigenvalue weighted by molar-refractivity contribution is 14.0. The van der Waals surface area contributed by atoms with Crippen molar-refractivity contribution in [1.29, 1.82) is 0 Å². The summed E-state index contributed by atoms with van der Waals surface area (Å²) >= 11 is 0. The van der Waals surface area contributed by atoms with Crippen LogP contribution in [0.4, 0.5) is 0 Å². The van der Waals surface area contributed by atoms with Crippen molar-refractivity contribution in [2.24, 2.45) is 16.3 Å². The van der Waals surface area contributed by atoms with Gasteiger partial charge in [0.2, 0.25) is 0 Å². The van der Waals surface area contributed by atoms with Crippen LogP contribution in [0.2, 0.25) is 0 Å². The molecule has 0 unspecified atom stereocenters. The molecule has 0 aromatic carbocycles. The number of hydrogen-bond donors (Lipinski definition) is 2. The fourth-order valence-electron chi connectivity index (χ4n) is 1.99. The van der Waals surface area contributed by atoms with Gasteiger partial charge in [0.15, 0.2) is 5.96 Å². The first kappa shape index (κ1) is 20.0. The van der Waals surface area contributed by atoms with Crippen LogP contribution in [0.25, 0.3) is 0 Å². The highest BCUT2D eigenvalue weighted by atomic mass is 127. The highest BCUT2D eigenvalue weighted by Gasteiger charge is 2.41. The van der Waals surface area contributed by atoms with Gasteiger partial charge in [-0.2, -0.15) is 0 Å². The number of guanidine groups is 1. The SMILES string of the molecule is CCNC(=NCC1(CCOCC)CC1)NCC(C)C.I. The fourth-order valence-corrected chi connectivity index (χ4v) is 1.99. The van der Waals surface area contributed by atoms with E-state index in [4.69, 9.17) is 9.73 Å². The largest absolute Gasteiger partial charge is 0.382 e. The van der Waals surface area contributed by atoms with Crippen LogP contribution < -0.4 is 10.6 Å². The Kier molecular flexibility index (Phi) is 10.6. The predicted octanol–water partition coefficient (Wildman–Crippen LogP) is 3.02. The number of halogens is 1. The number of rotatable bonds is 9. The van der Waals surface area contributed by atoms with Crippen molar-refractivity contribution in [3.63, 3.8) is 0 Å². The van der Waals surface area contributed by atoms with E-state index in [1.807, 2.05) is 0 Å². The summed E-state index contributed by atoms with van der Waals surface area (Å²) in [4.78, 5) is 4.74. The minimum Gasteiger partial charge on any atom is -0.382 e. The summed E-state index contributed by atoms with van der Waals surface area (Å²) in [5.41, 5.74) is 0.426. The van der Waals surface area contributed by atoms with Crippen molar-refractivity contribution in [1.82, 2.24) is 10.6 Å². The Morgan fingerprint density at radius 2 is 1.95 bits per heavy atom. The lowest BCUT2D eigenvalue weighted by molar-refractivity contribution is 0.129. The first-order chi connectivity index (χ1) is 9.12. The van der Waals surface area contributed by atoms with E-state index < -0.39 is 0 Å². The Hall–Kier alpha value is -0.0400. The minimum atomic E-state index is 0. The first-order valence-corrected chi connectivity index (χ1v) is 7.72. The molecule has 0 saturated heterocycles. The second kappa shape index (κ2) is 10.7. The van der Waals surface area contributed by atoms with Crippen LogP contribution in [0, 0.1) is 11.3 Å². The highest BCUT2D eigenvalue weighted by Crippen LogP contribution is 2.48. The molecule has 1 aliphatic rings. The molecule has 2 N–H and O–H groups in total. The van der Waals surface area contributed by atoms with Crippen molar-refractivity contribution in [2.75, 3.05) is 32.8 Å². The molecule has 0 aliphatic heterocycles. The number of hydrogen-bond acceptors (Lipinski definition) is 2. The summed E-state index contributed by atoms with van der Waals surface area (Å²) in [7, 11) is 0. The lowest BCUT2D eigenvalue weighted by Crippen LogP contribution is -2.39. The molecule has 0 bridgehead atoms. The third kappa shape index (κ3) is 8.29. The van der Waals surface area contributed by atoms with E-state index in [-0.39, 0.29) is 24.0 Å². The van der Waals surface area contributed by atoms with E-state index in [9.17, 15) is 0 Å². The Labute approximate surface area is 141 Å². The third-order valence-electron chi connectivity index (χ3n) is 3.53. The Morgan fingerprint density at radius 3 is 2.45 bits per heavy atom. The molecular weight excluding hydrogens is 365 g/mol. The van der Waals surface area contributed by atoms with Gasteiger partial charge >= 0.3 is 0 Å². The van der Waals surface area contributed by atoms with Crippen molar-refractivity contribution < 1.29 is 4.74 Å². The van der Waals surface area contributed by atoms with Gasteiger partial charge in [-0.25, -0.2) is 0 Å². The molecular formula is C15H32IN3O. The number of ether oxygens (including phenoxy) is 1. The molecule has 120 valence electrons. The Bertz CT molecular complexity index is 278. The molecule has 0 atom stereocenters. The standard InChI is InChI=1S/C15H31N3O.HI/c1-5-16-14(17-11-13(3)4)18-12-15(7-8-15)9-10-19-6-2;/h13H,5-12H2,1-4H3,(H2,16,17,18);1H. The van der Waals surface area contributed by atoms with E-state index in [0.29, 0.717) is 11.3 Å². The van der Waals surface area contributed by atoms with E-state index in [1.165, 1.54) is 12.8 Å². The molecule has 0 heterocycles. The van der Waals surface area contributed by atoms with Crippen molar-refractivity contribution >= 4 is 29.9 Å². The zero-order valence-electron chi connectivity index (χ0n) is 13.5. The lowest BCUT2D eigenvalue weighted by atomic mass is 10.0. The number of aliphatic imine (C=N–C) groups is 1. The van der Waals surface area contributed by atoms with Crippen molar-refractivity contribution in [2.45, 2.75) is 47.0 Å². The van der Waals surface area contributed by atoms with Crippen LogP contribution >= 0.6 is 24.0 Å². The van der Waals surface area contributed by atoms with Gasteiger partial charge in [0.05, 0.1) is 0 Å². The molecule has 0 aromatic rings. The molecule has 1 fully saturated rings. The van der Waals surface area contributed by atoms with Crippen LogP contribution in [0.3, 0.4) is 0 Å². The lowest BCUT2D eigenvalue weighted by Gasteiger charge is -2.16. The van der Waals surface area contributed by atoms with E-state index >= 15 is 0 Å². The average molecular weight is 397 g/mol. The molecule has 20 heavy (non-hydrogen) atoms. The topological polar surface area (TPSA) is 45.7 Å². The van der Waals surface area contributed by atoms with Gasteiger partial charge in [-0.15, -0.1) is 24.0 Å². The molecule has 4 nitrogen and oxygen atoms in total. The summed E-state index contributed by atoms with van der Waals surface area (Å²) in [6.07, 6.45) is 3.74. The monoisotopic (exact) mass is 397 g/mol. The summed E-state index contributed by atoms with van der Waals surface area (Å²) in [6.45, 7) is 13.1. The second-order valence-electron chi connectivity index (χ2n) is 5.92.